The number of thiophene rings is 1. The molecule has 1 aliphatic rings. The summed E-state index contributed by atoms with van der Waals surface area (Å²) >= 11 is 1.62. The maximum absolute atomic E-state index is 11.6. The molecule has 1 aromatic heterocycles. The number of rotatable bonds is 7. The van der Waals surface area contributed by atoms with Crippen LogP contribution in [0.1, 0.15) is 55.7 Å². The molecule has 1 heterocycles. The Balaban J connectivity index is 1.82. The Morgan fingerprint density at radius 3 is 2.78 bits per heavy atom. The minimum atomic E-state index is -0.440. The van der Waals surface area contributed by atoms with E-state index in [9.17, 15) is 10.1 Å². The van der Waals surface area contributed by atoms with Crippen LogP contribution >= 0.6 is 11.3 Å². The molecule has 0 spiro atoms. The third kappa shape index (κ3) is 5.49. The van der Waals surface area contributed by atoms with E-state index >= 15 is 0 Å². The molecule has 7 heteroatoms. The molecule has 1 aliphatic carbocycles. The van der Waals surface area contributed by atoms with E-state index in [2.05, 4.69) is 31.8 Å². The molecule has 0 N–H and O–H groups in total. The number of benzene rings is 1. The van der Waals surface area contributed by atoms with Crippen molar-refractivity contribution in [1.29, 1.82) is 5.26 Å². The maximum Gasteiger partial charge on any atom is 0.344 e. The zero-order valence-electron chi connectivity index (χ0n) is 19.4. The van der Waals surface area contributed by atoms with E-state index in [4.69, 9.17) is 14.2 Å². The molecule has 170 valence electrons. The van der Waals surface area contributed by atoms with Crippen molar-refractivity contribution in [1.82, 2.24) is 0 Å². The Bertz CT molecular complexity index is 1040. The molecule has 3 rings (SSSR count). The fraction of sp³-hybridized carbons (Fsp3) is 0.480. The van der Waals surface area contributed by atoms with Gasteiger partial charge in [-0.3, -0.25) is 0 Å². The lowest BCUT2D eigenvalue weighted by atomic mass is 9.72. The molecule has 1 atom stereocenters. The normalized spacial score (nSPS) is 15.8. The van der Waals surface area contributed by atoms with Crippen LogP contribution in [0.25, 0.3) is 0 Å². The molecular weight excluding hydrogens is 424 g/mol. The SMILES string of the molecule is CCOC(=O)COc1cc(C=Nc2sc3c(c2C#N)CC[C@H](C(C)(C)C)C3)ccc1OC. The second kappa shape index (κ2) is 10.2. The zero-order chi connectivity index (χ0) is 23.3. The molecule has 0 fully saturated rings. The summed E-state index contributed by atoms with van der Waals surface area (Å²) in [5, 5.41) is 10.5. The second-order valence-electron chi connectivity index (χ2n) is 8.86. The van der Waals surface area contributed by atoms with Gasteiger partial charge in [0.2, 0.25) is 0 Å². The number of carbonyl (C=O) groups is 1. The zero-order valence-corrected chi connectivity index (χ0v) is 20.2. The van der Waals surface area contributed by atoms with Crippen molar-refractivity contribution in [2.75, 3.05) is 20.3 Å². The largest absolute Gasteiger partial charge is 0.493 e. The van der Waals surface area contributed by atoms with Gasteiger partial charge in [0.15, 0.2) is 18.1 Å². The topological polar surface area (TPSA) is 80.9 Å². The van der Waals surface area contributed by atoms with Gasteiger partial charge < -0.3 is 14.2 Å². The average molecular weight is 455 g/mol. The van der Waals surface area contributed by atoms with Crippen LogP contribution in [0, 0.1) is 22.7 Å². The van der Waals surface area contributed by atoms with Crippen molar-refractivity contribution >= 4 is 28.5 Å². The number of hydrogen-bond donors (Lipinski definition) is 0. The Hall–Kier alpha value is -2.85. The number of esters is 1. The molecule has 2 aromatic rings. The van der Waals surface area contributed by atoms with Gasteiger partial charge in [0.05, 0.1) is 19.3 Å². The van der Waals surface area contributed by atoms with Crippen molar-refractivity contribution in [2.24, 2.45) is 16.3 Å². The summed E-state index contributed by atoms with van der Waals surface area (Å²) in [6, 6.07) is 7.75. The fourth-order valence-corrected chi connectivity index (χ4v) is 5.10. The van der Waals surface area contributed by atoms with Crippen LogP contribution in [0.5, 0.6) is 11.5 Å². The molecule has 0 unspecified atom stereocenters. The van der Waals surface area contributed by atoms with Crippen LogP contribution in [-0.4, -0.2) is 32.5 Å². The summed E-state index contributed by atoms with van der Waals surface area (Å²) in [4.78, 5) is 17.5. The van der Waals surface area contributed by atoms with E-state index in [-0.39, 0.29) is 12.0 Å². The molecule has 0 aliphatic heterocycles. The van der Waals surface area contributed by atoms with Gasteiger partial charge in [-0.25, -0.2) is 9.79 Å². The van der Waals surface area contributed by atoms with Gasteiger partial charge in [-0.05, 0) is 66.8 Å². The van der Waals surface area contributed by atoms with Gasteiger partial charge in [0, 0.05) is 11.1 Å². The van der Waals surface area contributed by atoms with Crippen LogP contribution < -0.4 is 9.47 Å². The highest BCUT2D eigenvalue weighted by molar-refractivity contribution is 7.16. The number of fused-ring (bicyclic) bond motifs is 1. The van der Waals surface area contributed by atoms with Gasteiger partial charge in [0.25, 0.3) is 0 Å². The minimum Gasteiger partial charge on any atom is -0.493 e. The van der Waals surface area contributed by atoms with Gasteiger partial charge in [0.1, 0.15) is 11.1 Å². The Morgan fingerprint density at radius 1 is 1.34 bits per heavy atom. The van der Waals surface area contributed by atoms with E-state index in [1.165, 1.54) is 10.4 Å². The van der Waals surface area contributed by atoms with E-state index in [1.54, 1.807) is 43.7 Å². The number of nitrogens with zero attached hydrogens (tertiary/aromatic N) is 2. The molecule has 32 heavy (non-hydrogen) atoms. The first-order chi connectivity index (χ1) is 15.3. The standard InChI is InChI=1S/C25H30N2O4S/c1-6-30-23(28)15-31-21-11-16(7-10-20(21)29-5)14-27-24-19(13-26)18-9-8-17(25(2,3)4)12-22(18)32-24/h7,10-11,14,17H,6,8-9,12,15H2,1-5H3/t17-/m0/s1. The summed E-state index contributed by atoms with van der Waals surface area (Å²) in [7, 11) is 1.54. The highest BCUT2D eigenvalue weighted by Gasteiger charge is 2.32. The van der Waals surface area contributed by atoms with Gasteiger partial charge in [-0.15, -0.1) is 11.3 Å². The first-order valence-electron chi connectivity index (χ1n) is 10.8. The van der Waals surface area contributed by atoms with E-state index in [1.807, 2.05) is 6.07 Å². The van der Waals surface area contributed by atoms with Gasteiger partial charge in [-0.2, -0.15) is 5.26 Å². The van der Waals surface area contributed by atoms with Crippen molar-refractivity contribution in [3.63, 3.8) is 0 Å². The fourth-order valence-electron chi connectivity index (χ4n) is 3.88. The molecule has 0 bridgehead atoms. The van der Waals surface area contributed by atoms with Crippen LogP contribution in [0.3, 0.4) is 0 Å². The number of carbonyl (C=O) groups excluding carboxylic acids is 1. The smallest absolute Gasteiger partial charge is 0.344 e. The van der Waals surface area contributed by atoms with E-state index in [0.717, 1.165) is 29.8 Å². The van der Waals surface area contributed by atoms with Crippen molar-refractivity contribution in [3.8, 4) is 17.6 Å². The molecule has 0 saturated carbocycles. The lowest BCUT2D eigenvalue weighted by Crippen LogP contribution is -2.26. The molecule has 1 aromatic carbocycles. The molecular formula is C25H30N2O4S. The quantitative estimate of drug-likeness (QED) is 0.409. The van der Waals surface area contributed by atoms with Crippen LogP contribution in [0.4, 0.5) is 5.00 Å². The third-order valence-electron chi connectivity index (χ3n) is 5.75. The minimum absolute atomic E-state index is 0.198. The summed E-state index contributed by atoms with van der Waals surface area (Å²) in [5.41, 5.74) is 2.90. The number of hydrogen-bond acceptors (Lipinski definition) is 7. The highest BCUT2D eigenvalue weighted by atomic mass is 32.1. The van der Waals surface area contributed by atoms with Gasteiger partial charge >= 0.3 is 5.97 Å². The summed E-state index contributed by atoms with van der Waals surface area (Å²) < 4.78 is 15.8. The summed E-state index contributed by atoms with van der Waals surface area (Å²) in [6.07, 6.45) is 4.75. The Morgan fingerprint density at radius 2 is 2.12 bits per heavy atom. The van der Waals surface area contributed by atoms with Crippen LogP contribution in [-0.2, 0) is 22.4 Å². The predicted octanol–water partition coefficient (Wildman–Crippen LogP) is 5.47. The van der Waals surface area contributed by atoms with Gasteiger partial charge in [-0.1, -0.05) is 20.8 Å². The first-order valence-corrected chi connectivity index (χ1v) is 11.6. The lowest BCUT2D eigenvalue weighted by molar-refractivity contribution is -0.145. The first kappa shape index (κ1) is 23.8. The molecule has 6 nitrogen and oxygen atoms in total. The lowest BCUT2D eigenvalue weighted by Gasteiger charge is -2.33. The van der Waals surface area contributed by atoms with Crippen molar-refractivity contribution in [3.05, 3.63) is 39.8 Å². The monoisotopic (exact) mass is 454 g/mol. The van der Waals surface area contributed by atoms with Crippen LogP contribution in [0.15, 0.2) is 23.2 Å². The Kier molecular flexibility index (Phi) is 7.57. The van der Waals surface area contributed by atoms with Crippen molar-refractivity contribution < 1.29 is 19.0 Å². The number of methoxy groups -OCH3 is 1. The number of ether oxygens (including phenoxy) is 3. The van der Waals surface area contributed by atoms with E-state index < -0.39 is 5.97 Å². The third-order valence-corrected chi connectivity index (χ3v) is 6.92. The maximum atomic E-state index is 11.6. The molecule has 0 saturated heterocycles. The Labute approximate surface area is 193 Å². The highest BCUT2D eigenvalue weighted by Crippen LogP contribution is 2.44. The average Bonchev–Trinajstić information content (AvgIpc) is 3.12. The van der Waals surface area contributed by atoms with Crippen LogP contribution in [0.2, 0.25) is 0 Å². The number of nitriles is 1. The second-order valence-corrected chi connectivity index (χ2v) is 9.95. The number of aliphatic imine (C=N–C) groups is 1. The predicted molar refractivity (Wildman–Crippen MR) is 126 cm³/mol. The van der Waals surface area contributed by atoms with Crippen molar-refractivity contribution in [2.45, 2.75) is 47.0 Å². The molecule has 0 radical (unpaired) electrons. The summed E-state index contributed by atoms with van der Waals surface area (Å²) in [5.74, 6) is 1.12. The van der Waals surface area contributed by atoms with E-state index in [0.29, 0.717) is 29.6 Å². The summed E-state index contributed by atoms with van der Waals surface area (Å²) in [6.45, 7) is 8.70. The molecule has 0 amide bonds.